The number of nitrogens with zero attached hydrogens (tertiary/aromatic N) is 1. The normalized spacial score (nSPS) is 24.6. The van der Waals surface area contributed by atoms with Crippen molar-refractivity contribution in [1.82, 2.24) is 9.62 Å². The van der Waals surface area contributed by atoms with Crippen molar-refractivity contribution in [3.8, 4) is 0 Å². The van der Waals surface area contributed by atoms with Gasteiger partial charge >= 0.3 is 0 Å². The Labute approximate surface area is 194 Å². The first kappa shape index (κ1) is 23.2. The average molecular weight is 477 g/mol. The molecule has 0 unspecified atom stereocenters. The summed E-state index contributed by atoms with van der Waals surface area (Å²) in [4.78, 5) is 15.4. The highest BCUT2D eigenvalue weighted by Crippen LogP contribution is 2.40. The van der Waals surface area contributed by atoms with Gasteiger partial charge in [-0.15, -0.1) is 0 Å². The zero-order valence-electron chi connectivity index (χ0n) is 17.9. The Morgan fingerprint density at radius 1 is 1.12 bits per heavy atom. The van der Waals surface area contributed by atoms with E-state index in [1.807, 2.05) is 0 Å². The lowest BCUT2D eigenvalue weighted by Gasteiger charge is -2.48. The van der Waals surface area contributed by atoms with Gasteiger partial charge in [0.05, 0.1) is 10.5 Å². The Balaban J connectivity index is 1.57. The maximum absolute atomic E-state index is 13.5. The quantitative estimate of drug-likeness (QED) is 0.669. The van der Waals surface area contributed by atoms with Gasteiger partial charge in [0.15, 0.2) is 0 Å². The van der Waals surface area contributed by atoms with Gasteiger partial charge in [-0.25, -0.2) is 8.42 Å². The summed E-state index contributed by atoms with van der Waals surface area (Å²) in [5.41, 5.74) is 0.110. The van der Waals surface area contributed by atoms with Gasteiger partial charge in [-0.3, -0.25) is 4.79 Å². The largest absolute Gasteiger partial charge is 0.389 e. The van der Waals surface area contributed by atoms with Gasteiger partial charge in [0.1, 0.15) is 6.04 Å². The molecule has 1 saturated heterocycles. The molecular formula is C24H29ClN2O4S. The van der Waals surface area contributed by atoms with Gasteiger partial charge in [0, 0.05) is 24.0 Å². The van der Waals surface area contributed by atoms with Crippen LogP contribution >= 0.6 is 11.6 Å². The predicted octanol–water partition coefficient (Wildman–Crippen LogP) is 3.38. The fourth-order valence-electron chi connectivity index (χ4n) is 4.88. The van der Waals surface area contributed by atoms with Crippen LogP contribution in [-0.2, 0) is 21.2 Å². The number of halogens is 1. The van der Waals surface area contributed by atoms with Crippen molar-refractivity contribution in [3.63, 3.8) is 0 Å². The average Bonchev–Trinajstić information content (AvgIpc) is 2.79. The van der Waals surface area contributed by atoms with Crippen molar-refractivity contribution in [1.29, 1.82) is 0 Å². The Hall–Kier alpha value is -1.93. The number of likely N-dealkylation sites (tertiary alicyclic amines) is 1. The van der Waals surface area contributed by atoms with E-state index >= 15 is 0 Å². The van der Waals surface area contributed by atoms with E-state index in [1.54, 1.807) is 47.4 Å². The molecular weight excluding hydrogens is 448 g/mol. The molecule has 1 heterocycles. The van der Waals surface area contributed by atoms with Crippen molar-refractivity contribution in [2.75, 3.05) is 13.1 Å². The first-order chi connectivity index (χ1) is 15.3. The lowest BCUT2D eigenvalue weighted by atomic mass is 9.71. The summed E-state index contributed by atoms with van der Waals surface area (Å²) in [6.45, 7) is 0.884. The summed E-state index contributed by atoms with van der Waals surface area (Å²) in [6.07, 6.45) is 4.46. The number of fused-ring (bicyclic) bond motifs is 1. The number of hydrogen-bond acceptors (Lipinski definition) is 4. The molecule has 8 heteroatoms. The van der Waals surface area contributed by atoms with Crippen molar-refractivity contribution in [2.24, 2.45) is 5.92 Å². The second kappa shape index (κ2) is 9.51. The van der Waals surface area contributed by atoms with Crippen LogP contribution in [0.5, 0.6) is 0 Å². The fourth-order valence-corrected chi connectivity index (χ4v) is 6.22. The minimum atomic E-state index is -3.88. The fraction of sp³-hybridized carbons (Fsp3) is 0.458. The van der Waals surface area contributed by atoms with Crippen LogP contribution in [0.4, 0.5) is 0 Å². The predicted molar refractivity (Wildman–Crippen MR) is 124 cm³/mol. The van der Waals surface area contributed by atoms with E-state index in [9.17, 15) is 18.3 Å². The molecule has 4 rings (SSSR count). The van der Waals surface area contributed by atoms with Crippen molar-refractivity contribution in [3.05, 3.63) is 65.2 Å². The summed E-state index contributed by atoms with van der Waals surface area (Å²) >= 11 is 5.99. The number of carbonyl (C=O) groups excluding carboxylic acids is 1. The van der Waals surface area contributed by atoms with Crippen molar-refractivity contribution in [2.45, 2.75) is 55.1 Å². The Morgan fingerprint density at radius 2 is 1.84 bits per heavy atom. The third-order valence-electron chi connectivity index (χ3n) is 6.74. The second-order valence-electron chi connectivity index (χ2n) is 8.90. The van der Waals surface area contributed by atoms with E-state index in [4.69, 9.17) is 11.6 Å². The molecule has 6 nitrogen and oxygen atoms in total. The molecule has 1 aliphatic carbocycles. The number of nitrogens with one attached hydrogen (secondary N) is 1. The van der Waals surface area contributed by atoms with Gasteiger partial charge < -0.3 is 10.0 Å². The second-order valence-corrected chi connectivity index (χ2v) is 11.0. The monoisotopic (exact) mass is 476 g/mol. The molecule has 3 atom stereocenters. The number of hydrogen-bond donors (Lipinski definition) is 2. The van der Waals surface area contributed by atoms with Crippen LogP contribution in [-0.4, -0.2) is 49.1 Å². The molecule has 2 fully saturated rings. The molecule has 0 radical (unpaired) electrons. The van der Waals surface area contributed by atoms with Crippen molar-refractivity contribution >= 4 is 27.5 Å². The van der Waals surface area contributed by atoms with Crippen LogP contribution in [0.3, 0.4) is 0 Å². The molecule has 2 aromatic carbocycles. The summed E-state index contributed by atoms with van der Waals surface area (Å²) in [6, 6.07) is 14.2. The molecule has 2 N–H and O–H groups in total. The molecule has 0 spiro atoms. The zero-order valence-corrected chi connectivity index (χ0v) is 19.5. The highest BCUT2D eigenvalue weighted by molar-refractivity contribution is 7.89. The topological polar surface area (TPSA) is 86.7 Å². The summed E-state index contributed by atoms with van der Waals surface area (Å²) < 4.78 is 28.7. The van der Waals surface area contributed by atoms with Crippen molar-refractivity contribution < 1.29 is 18.3 Å². The van der Waals surface area contributed by atoms with E-state index in [0.29, 0.717) is 24.5 Å². The molecule has 32 heavy (non-hydrogen) atoms. The number of benzene rings is 2. The third-order valence-corrected chi connectivity index (χ3v) is 8.48. The molecule has 172 valence electrons. The minimum Gasteiger partial charge on any atom is -0.389 e. The molecule has 1 saturated carbocycles. The molecule has 0 aromatic heterocycles. The maximum atomic E-state index is 13.5. The van der Waals surface area contributed by atoms with Crippen LogP contribution in [0.15, 0.2) is 59.5 Å². The van der Waals surface area contributed by atoms with Gasteiger partial charge in [0.2, 0.25) is 15.9 Å². The molecule has 1 amide bonds. The van der Waals surface area contributed by atoms with E-state index in [-0.39, 0.29) is 23.1 Å². The lowest BCUT2D eigenvalue weighted by Crippen LogP contribution is -2.58. The van der Waals surface area contributed by atoms with Gasteiger partial charge in [0.25, 0.3) is 0 Å². The Morgan fingerprint density at radius 3 is 2.56 bits per heavy atom. The van der Waals surface area contributed by atoms with Crippen LogP contribution in [0.1, 0.15) is 37.7 Å². The number of sulfonamides is 1. The number of aliphatic hydroxyl groups is 1. The van der Waals surface area contributed by atoms with E-state index < -0.39 is 21.7 Å². The summed E-state index contributed by atoms with van der Waals surface area (Å²) in [5.74, 6) is -0.219. The number of rotatable bonds is 6. The van der Waals surface area contributed by atoms with Crippen LogP contribution in [0, 0.1) is 5.92 Å². The first-order valence-corrected chi connectivity index (χ1v) is 13.0. The van der Waals surface area contributed by atoms with Gasteiger partial charge in [-0.1, -0.05) is 54.8 Å². The van der Waals surface area contributed by atoms with Gasteiger partial charge in [-0.2, -0.15) is 4.72 Å². The highest BCUT2D eigenvalue weighted by Gasteiger charge is 2.44. The minimum absolute atomic E-state index is 0.0378. The third kappa shape index (κ3) is 5.17. The Bertz CT molecular complexity index is 1050. The van der Waals surface area contributed by atoms with Gasteiger partial charge in [-0.05, 0) is 55.5 Å². The number of piperidine rings is 1. The van der Waals surface area contributed by atoms with E-state index in [1.165, 1.54) is 12.1 Å². The SMILES string of the molecule is O=C([C@H](Cc1ccc(Cl)cc1)NS(=O)(=O)c1ccccc1)N1CC[C@]2(O)CCCC[C@@H]2C1. The maximum Gasteiger partial charge on any atom is 0.241 e. The van der Waals surface area contributed by atoms with E-state index in [2.05, 4.69) is 4.72 Å². The number of amides is 1. The summed E-state index contributed by atoms with van der Waals surface area (Å²) in [5, 5.41) is 11.5. The molecule has 1 aliphatic heterocycles. The first-order valence-electron chi connectivity index (χ1n) is 11.1. The zero-order chi connectivity index (χ0) is 22.8. The Kier molecular flexibility index (Phi) is 6.91. The number of carbonyl (C=O) groups is 1. The van der Waals surface area contributed by atoms with Crippen LogP contribution in [0.2, 0.25) is 5.02 Å². The highest BCUT2D eigenvalue weighted by atomic mass is 35.5. The smallest absolute Gasteiger partial charge is 0.241 e. The molecule has 2 aliphatic rings. The standard InChI is InChI=1S/C24H29ClN2O4S/c25-20-11-9-18(10-12-20)16-22(26-32(30,31)21-7-2-1-3-8-21)23(28)27-15-14-24(29)13-5-4-6-19(24)17-27/h1-3,7-12,19,22,26,29H,4-6,13-17H2/t19-,22+,24-/m1/s1. The summed E-state index contributed by atoms with van der Waals surface area (Å²) in [7, 11) is -3.88. The lowest BCUT2D eigenvalue weighted by molar-refractivity contribution is -0.145. The molecule has 2 aromatic rings. The van der Waals surface area contributed by atoms with Crippen LogP contribution in [0.25, 0.3) is 0 Å². The van der Waals surface area contributed by atoms with Crippen LogP contribution < -0.4 is 4.72 Å². The van der Waals surface area contributed by atoms with E-state index in [0.717, 1.165) is 31.2 Å². The molecule has 0 bridgehead atoms.